The number of aryl methyl sites for hydroxylation is 2. The fraction of sp³-hybridized carbons (Fsp3) is 0.316. The van der Waals surface area contributed by atoms with Crippen LogP contribution in [0.15, 0.2) is 35.2 Å². The van der Waals surface area contributed by atoms with Crippen LogP contribution in [0.1, 0.15) is 29.5 Å². The Kier molecular flexibility index (Phi) is 4.77. The highest BCUT2D eigenvalue weighted by Gasteiger charge is 2.33. The summed E-state index contributed by atoms with van der Waals surface area (Å²) in [5.74, 6) is 0.0166. The Bertz CT molecular complexity index is 1100. The van der Waals surface area contributed by atoms with E-state index in [1.165, 1.54) is 12.1 Å². The molecule has 0 saturated carbocycles. The smallest absolute Gasteiger partial charge is 0.312 e. The first kappa shape index (κ1) is 20.0. The molecule has 0 atom stereocenters. The molecular weight excluding hydrogens is 429 g/mol. The minimum atomic E-state index is -4.63. The third kappa shape index (κ3) is 3.69. The van der Waals surface area contributed by atoms with Crippen molar-refractivity contribution in [1.82, 2.24) is 0 Å². The molecule has 2 heterocycles. The van der Waals surface area contributed by atoms with Gasteiger partial charge < -0.3 is 4.90 Å². The number of halogens is 4. The topological polar surface area (TPSA) is 66.5 Å². The maximum absolute atomic E-state index is 13.0. The molecule has 1 N–H and O–H groups in total. The summed E-state index contributed by atoms with van der Waals surface area (Å²) < 4.78 is 66.9. The van der Waals surface area contributed by atoms with Crippen LogP contribution in [0.4, 0.5) is 24.5 Å². The third-order valence-electron chi connectivity index (χ3n) is 5.10. The summed E-state index contributed by atoms with van der Waals surface area (Å²) in [4.78, 5) is 13.8. The van der Waals surface area contributed by atoms with Crippen LogP contribution < -0.4 is 9.62 Å². The second kappa shape index (κ2) is 6.91. The second-order valence-corrected chi connectivity index (χ2v) is 9.13. The summed E-state index contributed by atoms with van der Waals surface area (Å²) in [7, 11) is -4.18. The second-order valence-electron chi connectivity index (χ2n) is 7.04. The summed E-state index contributed by atoms with van der Waals surface area (Å²) in [6.45, 7) is 0.600. The van der Waals surface area contributed by atoms with Crippen molar-refractivity contribution in [3.63, 3.8) is 0 Å². The molecule has 29 heavy (non-hydrogen) atoms. The van der Waals surface area contributed by atoms with E-state index in [2.05, 4.69) is 4.72 Å². The number of hydrogen-bond acceptors (Lipinski definition) is 3. The van der Waals surface area contributed by atoms with Crippen molar-refractivity contribution in [2.24, 2.45) is 0 Å². The highest BCUT2D eigenvalue weighted by atomic mass is 35.5. The highest BCUT2D eigenvalue weighted by molar-refractivity contribution is 7.92. The van der Waals surface area contributed by atoms with Crippen molar-refractivity contribution in [3.05, 3.63) is 52.0 Å². The number of hydrogen-bond donors (Lipinski definition) is 1. The van der Waals surface area contributed by atoms with Crippen LogP contribution in [0.2, 0.25) is 5.02 Å². The van der Waals surface area contributed by atoms with E-state index in [1.54, 1.807) is 4.90 Å². The van der Waals surface area contributed by atoms with Gasteiger partial charge in [0.05, 0.1) is 26.9 Å². The minimum absolute atomic E-state index is 0.0166. The Morgan fingerprint density at radius 3 is 2.41 bits per heavy atom. The third-order valence-corrected chi connectivity index (χ3v) is 6.77. The maximum atomic E-state index is 13.0. The fourth-order valence-corrected chi connectivity index (χ4v) is 5.15. The zero-order valence-electron chi connectivity index (χ0n) is 15.0. The minimum Gasteiger partial charge on any atom is -0.312 e. The Hall–Kier alpha value is -2.26. The van der Waals surface area contributed by atoms with E-state index in [-0.39, 0.29) is 21.5 Å². The summed E-state index contributed by atoms with van der Waals surface area (Å²) >= 11 is 5.92. The van der Waals surface area contributed by atoms with E-state index in [1.807, 2.05) is 0 Å². The molecule has 154 valence electrons. The molecule has 2 aliphatic heterocycles. The largest absolute Gasteiger partial charge is 0.416 e. The molecule has 0 aliphatic carbocycles. The Balaban J connectivity index is 1.74. The van der Waals surface area contributed by atoms with E-state index in [4.69, 9.17) is 11.6 Å². The van der Waals surface area contributed by atoms with Crippen LogP contribution in [-0.4, -0.2) is 20.9 Å². The summed E-state index contributed by atoms with van der Waals surface area (Å²) in [5.41, 5.74) is 0.914. The average molecular weight is 445 g/mol. The van der Waals surface area contributed by atoms with Gasteiger partial charge in [-0.1, -0.05) is 11.6 Å². The van der Waals surface area contributed by atoms with Crippen molar-refractivity contribution < 1.29 is 26.4 Å². The van der Waals surface area contributed by atoms with Crippen LogP contribution in [0.5, 0.6) is 0 Å². The Morgan fingerprint density at radius 1 is 1.03 bits per heavy atom. The molecule has 5 nitrogen and oxygen atoms in total. The normalized spacial score (nSPS) is 16.6. The molecule has 0 aromatic heterocycles. The van der Waals surface area contributed by atoms with Crippen molar-refractivity contribution in [1.29, 1.82) is 0 Å². The van der Waals surface area contributed by atoms with Gasteiger partial charge >= 0.3 is 6.18 Å². The predicted molar refractivity (Wildman–Crippen MR) is 103 cm³/mol. The van der Waals surface area contributed by atoms with Gasteiger partial charge in [-0.2, -0.15) is 13.2 Å². The van der Waals surface area contributed by atoms with Crippen molar-refractivity contribution >= 4 is 38.9 Å². The molecule has 1 amide bonds. The van der Waals surface area contributed by atoms with Gasteiger partial charge in [0.2, 0.25) is 5.91 Å². The number of nitrogens with zero attached hydrogens (tertiary/aromatic N) is 1. The molecular formula is C19H16ClF3N2O3S. The molecule has 0 spiro atoms. The number of rotatable bonds is 3. The number of alkyl halides is 3. The molecule has 0 saturated heterocycles. The molecule has 4 rings (SSSR count). The van der Waals surface area contributed by atoms with Crippen molar-refractivity contribution in [2.75, 3.05) is 16.2 Å². The van der Waals surface area contributed by atoms with Gasteiger partial charge in [-0.25, -0.2) is 8.42 Å². The number of carbonyl (C=O) groups excluding carboxylic acids is 1. The monoisotopic (exact) mass is 444 g/mol. The number of carbonyl (C=O) groups is 1. The lowest BCUT2D eigenvalue weighted by Crippen LogP contribution is -2.39. The van der Waals surface area contributed by atoms with Crippen LogP contribution in [0.3, 0.4) is 0 Å². The van der Waals surface area contributed by atoms with Crippen molar-refractivity contribution in [3.8, 4) is 0 Å². The number of sulfonamides is 1. The first-order chi connectivity index (χ1) is 13.6. The first-order valence-electron chi connectivity index (χ1n) is 8.92. The summed E-state index contributed by atoms with van der Waals surface area (Å²) in [6, 6.07) is 5.42. The molecule has 0 radical (unpaired) electrons. The van der Waals surface area contributed by atoms with E-state index in [9.17, 15) is 26.4 Å². The standard InChI is InChI=1S/C19H16ClF3N2O3S/c20-15-5-4-13(19(21,22)23)10-16(15)24-29(27,28)14-8-11-2-1-7-25-17(26)6-3-12(9-14)18(11)25/h4-5,8-10,24H,1-3,6-7H2. The van der Waals surface area contributed by atoms with E-state index in [0.717, 1.165) is 28.9 Å². The zero-order valence-corrected chi connectivity index (χ0v) is 16.6. The molecule has 2 aromatic rings. The summed E-state index contributed by atoms with van der Waals surface area (Å²) in [6.07, 6.45) is -2.57. The summed E-state index contributed by atoms with van der Waals surface area (Å²) in [5, 5.41) is -0.141. The van der Waals surface area contributed by atoms with Gasteiger partial charge in [0, 0.05) is 13.0 Å². The quantitative estimate of drug-likeness (QED) is 0.763. The van der Waals surface area contributed by atoms with Gasteiger partial charge in [-0.3, -0.25) is 9.52 Å². The highest BCUT2D eigenvalue weighted by Crippen LogP contribution is 2.39. The van der Waals surface area contributed by atoms with Gasteiger partial charge in [0.1, 0.15) is 0 Å². The molecule has 10 heteroatoms. The Morgan fingerprint density at radius 2 is 1.72 bits per heavy atom. The van der Waals surface area contributed by atoms with E-state index < -0.39 is 21.8 Å². The maximum Gasteiger partial charge on any atom is 0.416 e. The SMILES string of the molecule is O=C1CCc2cc(S(=O)(=O)Nc3cc(C(F)(F)F)ccc3Cl)cc3c2N1CCC3. The van der Waals surface area contributed by atoms with Crippen LogP contribution in [0.25, 0.3) is 0 Å². The van der Waals surface area contributed by atoms with Gasteiger partial charge in [-0.05, 0) is 60.7 Å². The predicted octanol–water partition coefficient (Wildman–Crippen LogP) is 4.39. The fourth-order valence-electron chi connectivity index (χ4n) is 3.76. The Labute approximate surface area is 170 Å². The lowest BCUT2D eigenvalue weighted by Gasteiger charge is -2.35. The number of benzene rings is 2. The molecule has 2 aliphatic rings. The lowest BCUT2D eigenvalue weighted by molar-refractivity contribution is -0.137. The zero-order chi connectivity index (χ0) is 21.0. The van der Waals surface area contributed by atoms with Crippen molar-refractivity contribution in [2.45, 2.75) is 36.8 Å². The van der Waals surface area contributed by atoms with Crippen LogP contribution in [0, 0.1) is 0 Å². The van der Waals surface area contributed by atoms with E-state index >= 15 is 0 Å². The number of amides is 1. The lowest BCUT2D eigenvalue weighted by atomic mass is 9.92. The average Bonchev–Trinajstić information content (AvgIpc) is 2.65. The number of anilines is 2. The van der Waals surface area contributed by atoms with E-state index in [0.29, 0.717) is 38.3 Å². The van der Waals surface area contributed by atoms with Crippen LogP contribution >= 0.6 is 11.6 Å². The van der Waals surface area contributed by atoms with Crippen LogP contribution in [-0.2, 0) is 33.8 Å². The molecule has 0 bridgehead atoms. The van der Waals surface area contributed by atoms with Gasteiger partial charge in [0.25, 0.3) is 10.0 Å². The molecule has 2 aromatic carbocycles. The van der Waals surface area contributed by atoms with Gasteiger partial charge in [0.15, 0.2) is 0 Å². The molecule has 0 fully saturated rings. The van der Waals surface area contributed by atoms with Gasteiger partial charge in [-0.15, -0.1) is 0 Å². The number of nitrogens with one attached hydrogen (secondary N) is 1. The molecule has 0 unspecified atom stereocenters. The first-order valence-corrected chi connectivity index (χ1v) is 10.8.